The number of ether oxygens (including phenoxy) is 5. The molecule has 52 heavy (non-hydrogen) atoms. The molecular formula is C39H60O13. The van der Waals surface area contributed by atoms with Gasteiger partial charge in [0.2, 0.25) is 0 Å². The molecule has 3 aliphatic heterocycles. The highest BCUT2D eigenvalue weighted by atomic mass is 16.8. The number of allylic oxidation sites excluding steroid dienone is 2. The van der Waals surface area contributed by atoms with Gasteiger partial charge in [0.15, 0.2) is 18.9 Å². The molecule has 3 heterocycles. The van der Waals surface area contributed by atoms with E-state index in [1.807, 2.05) is 13.8 Å². The maximum Gasteiger partial charge on any atom is 0.187 e. The lowest BCUT2D eigenvalue weighted by atomic mass is 9.46. The first-order valence-electron chi connectivity index (χ1n) is 19.4. The van der Waals surface area contributed by atoms with Crippen molar-refractivity contribution in [3.05, 3.63) is 23.3 Å². The summed E-state index contributed by atoms with van der Waals surface area (Å²) in [6.07, 6.45) is -3.97. The number of fused-ring (bicyclic) bond motifs is 7. The second-order valence-electron chi connectivity index (χ2n) is 17.5. The van der Waals surface area contributed by atoms with Gasteiger partial charge in [-0.15, -0.1) is 0 Å². The fourth-order valence-electron chi connectivity index (χ4n) is 11.9. The van der Waals surface area contributed by atoms with Crippen LogP contribution < -0.4 is 0 Å². The lowest BCUT2D eigenvalue weighted by Gasteiger charge is -2.58. The molecule has 21 atom stereocenters. The van der Waals surface area contributed by atoms with E-state index in [1.165, 1.54) is 18.8 Å². The van der Waals surface area contributed by atoms with Crippen molar-refractivity contribution in [2.75, 3.05) is 6.61 Å². The molecule has 7 aliphatic rings. The highest BCUT2D eigenvalue weighted by molar-refractivity contribution is 5.63. The third-order valence-electron chi connectivity index (χ3n) is 14.6. The van der Waals surface area contributed by atoms with E-state index >= 15 is 0 Å². The van der Waals surface area contributed by atoms with E-state index in [0.717, 1.165) is 37.7 Å². The van der Waals surface area contributed by atoms with Crippen LogP contribution in [-0.2, 0) is 28.5 Å². The molecular weight excluding hydrogens is 676 g/mol. The molecule has 13 heteroatoms. The zero-order chi connectivity index (χ0) is 37.4. The maximum absolute atomic E-state index is 13.3. The van der Waals surface area contributed by atoms with Crippen LogP contribution >= 0.6 is 0 Å². The normalized spacial score (nSPS) is 54.5. The van der Waals surface area contributed by atoms with E-state index in [0.29, 0.717) is 24.7 Å². The van der Waals surface area contributed by atoms with Crippen molar-refractivity contribution < 1.29 is 64.2 Å². The van der Waals surface area contributed by atoms with Crippen LogP contribution in [0.15, 0.2) is 23.3 Å². The second kappa shape index (κ2) is 14.6. The zero-order valence-corrected chi connectivity index (χ0v) is 30.9. The molecule has 21 unspecified atom stereocenters. The average Bonchev–Trinajstić information content (AvgIpc) is 3.45. The molecule has 0 aromatic rings. The van der Waals surface area contributed by atoms with Crippen molar-refractivity contribution in [2.24, 2.45) is 46.3 Å². The van der Waals surface area contributed by atoms with Gasteiger partial charge in [-0.1, -0.05) is 37.1 Å². The first-order chi connectivity index (χ1) is 24.6. The molecule has 13 nitrogen and oxygen atoms in total. The molecule has 0 bridgehead atoms. The molecule has 0 spiro atoms. The fourth-order valence-corrected chi connectivity index (χ4v) is 11.9. The van der Waals surface area contributed by atoms with Gasteiger partial charge >= 0.3 is 0 Å². The standard InChI is InChI=1S/C39H60O13/c1-17(2)12-23-18(3)28-26(50-35(23)47)14-25-22-7-6-20-13-21(8-10-38(20,5)24(22)9-11-39(25,28)16-41)49-37-34(32(45)30(43)27(15-40)51-37)52-36-33(46)31(44)29(42)19(4)48-36/h6,12,16,18-19,21-37,40,42-47H,7-11,13-15H2,1-5H3. The SMILES string of the molecule is CC(C)=CC1C(O)OC2CC3C4CC=C5CC(OC6OC(CO)C(O)C(O)C6OC6OC(C)C(O)C(O)C6O)CCC5(C)C4CCC3(C=O)C2C1C. The second-order valence-corrected chi connectivity index (χ2v) is 17.5. The molecule has 0 radical (unpaired) electrons. The summed E-state index contributed by atoms with van der Waals surface area (Å²) in [6, 6.07) is 0. The Kier molecular flexibility index (Phi) is 11.0. The number of aliphatic hydroxyl groups excluding tert-OH is 7. The Labute approximate surface area is 305 Å². The Hall–Kier alpha value is -1.33. The number of carbonyl (C=O) groups is 1. The van der Waals surface area contributed by atoms with E-state index in [9.17, 15) is 40.5 Å². The minimum atomic E-state index is -1.64. The molecule has 0 aromatic heterocycles. The van der Waals surface area contributed by atoms with Crippen LogP contribution in [0.25, 0.3) is 0 Å². The Balaban J connectivity index is 1.08. The zero-order valence-electron chi connectivity index (χ0n) is 30.9. The summed E-state index contributed by atoms with van der Waals surface area (Å²) in [6.45, 7) is 9.52. The van der Waals surface area contributed by atoms with E-state index in [1.54, 1.807) is 0 Å². The number of aldehydes is 1. The van der Waals surface area contributed by atoms with Crippen molar-refractivity contribution in [3.8, 4) is 0 Å². The van der Waals surface area contributed by atoms with Crippen LogP contribution in [0, 0.1) is 46.3 Å². The summed E-state index contributed by atoms with van der Waals surface area (Å²) in [5, 5.41) is 73.8. The van der Waals surface area contributed by atoms with Crippen LogP contribution in [0.1, 0.15) is 79.6 Å². The summed E-state index contributed by atoms with van der Waals surface area (Å²) >= 11 is 0. The first-order valence-corrected chi connectivity index (χ1v) is 19.4. The minimum Gasteiger partial charge on any atom is -0.394 e. The highest BCUT2D eigenvalue weighted by Gasteiger charge is 2.66. The smallest absolute Gasteiger partial charge is 0.187 e. The summed E-state index contributed by atoms with van der Waals surface area (Å²) in [4.78, 5) is 13.3. The molecule has 7 rings (SSSR count). The quantitative estimate of drug-likeness (QED) is 0.146. The lowest BCUT2D eigenvalue weighted by molar-refractivity contribution is -0.369. The van der Waals surface area contributed by atoms with Gasteiger partial charge in [-0.05, 0) is 94.8 Å². The summed E-state index contributed by atoms with van der Waals surface area (Å²) < 4.78 is 30.3. The van der Waals surface area contributed by atoms with Crippen molar-refractivity contribution in [3.63, 3.8) is 0 Å². The van der Waals surface area contributed by atoms with Crippen molar-refractivity contribution in [1.29, 1.82) is 0 Å². The van der Waals surface area contributed by atoms with Crippen molar-refractivity contribution in [2.45, 2.75) is 159 Å². The number of aliphatic hydroxyl groups is 7. The molecule has 3 saturated heterocycles. The molecule has 7 N–H and O–H groups in total. The topological polar surface area (TPSA) is 205 Å². The molecule has 294 valence electrons. The first kappa shape index (κ1) is 38.9. The van der Waals surface area contributed by atoms with E-state index in [4.69, 9.17) is 23.7 Å². The van der Waals surface area contributed by atoms with Crippen molar-refractivity contribution in [1.82, 2.24) is 0 Å². The molecule has 3 saturated carbocycles. The third-order valence-corrected chi connectivity index (χ3v) is 14.6. The Morgan fingerprint density at radius 1 is 0.904 bits per heavy atom. The van der Waals surface area contributed by atoms with Crippen molar-refractivity contribution >= 4 is 6.29 Å². The van der Waals surface area contributed by atoms with Crippen LogP contribution in [0.5, 0.6) is 0 Å². The molecule has 4 aliphatic carbocycles. The Morgan fingerprint density at radius 2 is 1.65 bits per heavy atom. The number of carbonyl (C=O) groups excluding carboxylic acids is 1. The Morgan fingerprint density at radius 3 is 2.35 bits per heavy atom. The van der Waals surface area contributed by atoms with Gasteiger partial charge in [0.25, 0.3) is 0 Å². The number of rotatable bonds is 7. The van der Waals surface area contributed by atoms with E-state index in [2.05, 4.69) is 26.0 Å². The van der Waals surface area contributed by atoms with Crippen LogP contribution in [0.4, 0.5) is 0 Å². The number of hydrogen-bond acceptors (Lipinski definition) is 13. The van der Waals surface area contributed by atoms with E-state index in [-0.39, 0.29) is 41.3 Å². The highest BCUT2D eigenvalue weighted by Crippen LogP contribution is 2.68. The van der Waals surface area contributed by atoms with Gasteiger partial charge in [0, 0.05) is 17.3 Å². The third kappa shape index (κ3) is 6.28. The monoisotopic (exact) mass is 736 g/mol. The summed E-state index contributed by atoms with van der Waals surface area (Å²) in [7, 11) is 0. The molecule has 0 amide bonds. The maximum atomic E-state index is 13.3. The van der Waals surface area contributed by atoms with Gasteiger partial charge in [-0.3, -0.25) is 0 Å². The van der Waals surface area contributed by atoms with Gasteiger partial charge in [0.1, 0.15) is 49.0 Å². The van der Waals surface area contributed by atoms with E-state index < -0.39 is 79.7 Å². The van der Waals surface area contributed by atoms with Crippen LogP contribution in [0.2, 0.25) is 0 Å². The summed E-state index contributed by atoms with van der Waals surface area (Å²) in [5.74, 6) is 0.863. The Bertz CT molecular complexity index is 1370. The van der Waals surface area contributed by atoms with Gasteiger partial charge in [-0.2, -0.15) is 0 Å². The minimum absolute atomic E-state index is 0.0567. The largest absolute Gasteiger partial charge is 0.394 e. The van der Waals surface area contributed by atoms with Crippen LogP contribution in [-0.4, -0.2) is 129 Å². The summed E-state index contributed by atoms with van der Waals surface area (Å²) in [5.41, 5.74) is 1.82. The van der Waals surface area contributed by atoms with Gasteiger partial charge in [0.05, 0.1) is 24.9 Å². The average molecular weight is 737 g/mol. The number of hydrogen-bond donors (Lipinski definition) is 7. The molecule has 0 aromatic carbocycles. The molecule has 6 fully saturated rings. The lowest BCUT2D eigenvalue weighted by Crippen LogP contribution is -2.64. The predicted octanol–water partition coefficient (Wildman–Crippen LogP) is 1.33. The van der Waals surface area contributed by atoms with Gasteiger partial charge in [-0.25, -0.2) is 0 Å². The van der Waals surface area contributed by atoms with Gasteiger partial charge < -0.3 is 64.2 Å². The fraction of sp³-hybridized carbons (Fsp3) is 0.872. The predicted molar refractivity (Wildman–Crippen MR) is 184 cm³/mol. The van der Waals surface area contributed by atoms with Crippen LogP contribution in [0.3, 0.4) is 0 Å².